The normalized spacial score (nSPS) is 14.1. The molecule has 0 saturated carbocycles. The molecular weight excluding hydrogens is 266 g/mol. The van der Waals surface area contributed by atoms with E-state index in [1.54, 1.807) is 0 Å². The number of ether oxygens (including phenoxy) is 1. The molecular formula is C16H25N3O2. The number of urea groups is 1. The number of fused-ring (bicyclic) bond motifs is 1. The summed E-state index contributed by atoms with van der Waals surface area (Å²) < 4.78 is 5.62. The highest BCUT2D eigenvalue weighted by molar-refractivity contribution is 5.73. The van der Waals surface area contributed by atoms with Gasteiger partial charge in [-0.15, -0.1) is 0 Å². The van der Waals surface area contributed by atoms with Crippen molar-refractivity contribution < 1.29 is 9.53 Å². The highest BCUT2D eigenvalue weighted by Crippen LogP contribution is 2.30. The zero-order valence-electron chi connectivity index (χ0n) is 13.1. The first-order chi connectivity index (χ1) is 9.96. The first kappa shape index (κ1) is 15.5. The Morgan fingerprint density at radius 3 is 2.81 bits per heavy atom. The zero-order valence-corrected chi connectivity index (χ0v) is 13.1. The average molecular weight is 291 g/mol. The molecule has 1 aliphatic rings. The molecule has 0 fully saturated rings. The molecule has 0 aliphatic carbocycles. The second-order valence-corrected chi connectivity index (χ2v) is 6.47. The third-order valence-corrected chi connectivity index (χ3v) is 3.27. The minimum atomic E-state index is -0.105. The molecule has 1 heterocycles. The second-order valence-electron chi connectivity index (χ2n) is 6.47. The first-order valence-corrected chi connectivity index (χ1v) is 7.44. The lowest BCUT2D eigenvalue weighted by atomic mass is 9.97. The number of rotatable bonds is 4. The van der Waals surface area contributed by atoms with Crippen molar-refractivity contribution in [3.8, 4) is 5.75 Å². The lowest BCUT2D eigenvalue weighted by Gasteiger charge is -2.31. The molecule has 0 saturated heterocycles. The van der Waals surface area contributed by atoms with Crippen molar-refractivity contribution in [1.29, 1.82) is 0 Å². The first-order valence-electron chi connectivity index (χ1n) is 7.44. The van der Waals surface area contributed by atoms with Crippen LogP contribution in [0.3, 0.4) is 0 Å². The van der Waals surface area contributed by atoms with Crippen LogP contribution in [-0.4, -0.2) is 38.8 Å². The van der Waals surface area contributed by atoms with Gasteiger partial charge in [-0.1, -0.05) is 32.9 Å². The summed E-state index contributed by atoms with van der Waals surface area (Å²) in [5.74, 6) is 0.918. The standard InChI is InChI=1S/C16H25N3O2/c1-16(2,3)12-18-15(20)17-8-9-19-10-11-21-14-7-5-4-6-13(14)19/h4-7H,8-12H2,1-3H3,(H2,17,18,20). The van der Waals surface area contributed by atoms with Crippen molar-refractivity contribution in [2.24, 2.45) is 5.41 Å². The molecule has 1 aromatic carbocycles. The van der Waals surface area contributed by atoms with E-state index >= 15 is 0 Å². The third-order valence-electron chi connectivity index (χ3n) is 3.27. The molecule has 21 heavy (non-hydrogen) atoms. The van der Waals surface area contributed by atoms with E-state index in [2.05, 4.69) is 36.3 Å². The van der Waals surface area contributed by atoms with Gasteiger partial charge in [-0.2, -0.15) is 0 Å². The van der Waals surface area contributed by atoms with Gasteiger partial charge in [0.2, 0.25) is 0 Å². The minimum absolute atomic E-state index is 0.0977. The third kappa shape index (κ3) is 4.85. The number of anilines is 1. The van der Waals surface area contributed by atoms with Crippen molar-refractivity contribution >= 4 is 11.7 Å². The molecule has 0 unspecified atom stereocenters. The van der Waals surface area contributed by atoms with Gasteiger partial charge in [0.25, 0.3) is 0 Å². The summed E-state index contributed by atoms with van der Waals surface area (Å²) >= 11 is 0. The summed E-state index contributed by atoms with van der Waals surface area (Å²) in [6, 6.07) is 7.90. The van der Waals surface area contributed by atoms with Gasteiger partial charge >= 0.3 is 6.03 Å². The van der Waals surface area contributed by atoms with Crippen LogP contribution < -0.4 is 20.3 Å². The summed E-state index contributed by atoms with van der Waals surface area (Å²) in [6.45, 7) is 9.89. The Bertz CT molecular complexity index is 483. The van der Waals surface area contributed by atoms with Crippen LogP contribution in [0.2, 0.25) is 0 Å². The predicted molar refractivity (Wildman–Crippen MR) is 85.0 cm³/mol. The Morgan fingerprint density at radius 2 is 2.05 bits per heavy atom. The summed E-state index contributed by atoms with van der Waals surface area (Å²) in [6.07, 6.45) is 0. The van der Waals surface area contributed by atoms with Gasteiger partial charge in [-0.25, -0.2) is 4.79 Å². The topological polar surface area (TPSA) is 53.6 Å². The molecule has 2 N–H and O–H groups in total. The van der Waals surface area contributed by atoms with E-state index in [4.69, 9.17) is 4.74 Å². The number of nitrogens with one attached hydrogen (secondary N) is 2. The number of nitrogens with zero attached hydrogens (tertiary/aromatic N) is 1. The van der Waals surface area contributed by atoms with Crippen molar-refractivity contribution in [2.45, 2.75) is 20.8 Å². The van der Waals surface area contributed by atoms with E-state index in [-0.39, 0.29) is 11.4 Å². The average Bonchev–Trinajstić information content (AvgIpc) is 2.45. The molecule has 0 bridgehead atoms. The SMILES string of the molecule is CC(C)(C)CNC(=O)NCCN1CCOc2ccccc21. The maximum absolute atomic E-state index is 11.7. The fourth-order valence-electron chi connectivity index (χ4n) is 2.17. The molecule has 0 radical (unpaired) electrons. The van der Waals surface area contributed by atoms with Crippen LogP contribution in [-0.2, 0) is 0 Å². The molecule has 5 heteroatoms. The molecule has 1 aliphatic heterocycles. The molecule has 2 amide bonds. The van der Waals surface area contributed by atoms with Crippen LogP contribution in [0.25, 0.3) is 0 Å². The Balaban J connectivity index is 1.76. The smallest absolute Gasteiger partial charge is 0.314 e. The van der Waals surface area contributed by atoms with Gasteiger partial charge in [0, 0.05) is 19.6 Å². The van der Waals surface area contributed by atoms with E-state index < -0.39 is 0 Å². The van der Waals surface area contributed by atoms with E-state index in [1.165, 1.54) is 0 Å². The van der Waals surface area contributed by atoms with E-state index in [9.17, 15) is 4.79 Å². The Kier molecular flexibility index (Phi) is 4.94. The summed E-state index contributed by atoms with van der Waals surface area (Å²) in [5, 5.41) is 5.79. The van der Waals surface area contributed by atoms with E-state index in [0.29, 0.717) is 19.7 Å². The van der Waals surface area contributed by atoms with Gasteiger partial charge in [0.15, 0.2) is 0 Å². The summed E-state index contributed by atoms with van der Waals surface area (Å²) in [7, 11) is 0. The van der Waals surface area contributed by atoms with Gasteiger partial charge in [-0.05, 0) is 17.5 Å². The lowest BCUT2D eigenvalue weighted by molar-refractivity contribution is 0.235. The van der Waals surface area contributed by atoms with Crippen molar-refractivity contribution in [3.05, 3.63) is 24.3 Å². The van der Waals surface area contributed by atoms with Crippen LogP contribution in [0.4, 0.5) is 10.5 Å². The number of para-hydroxylation sites is 2. The Hall–Kier alpha value is -1.91. The van der Waals surface area contributed by atoms with Crippen LogP contribution in [0, 0.1) is 5.41 Å². The van der Waals surface area contributed by atoms with Crippen LogP contribution >= 0.6 is 0 Å². The monoisotopic (exact) mass is 291 g/mol. The maximum Gasteiger partial charge on any atom is 0.314 e. The molecule has 0 spiro atoms. The van der Waals surface area contributed by atoms with Gasteiger partial charge < -0.3 is 20.3 Å². The molecule has 1 aromatic rings. The van der Waals surface area contributed by atoms with Gasteiger partial charge in [-0.3, -0.25) is 0 Å². The van der Waals surface area contributed by atoms with Crippen molar-refractivity contribution in [1.82, 2.24) is 10.6 Å². The molecule has 2 rings (SSSR count). The summed E-state index contributed by atoms with van der Waals surface area (Å²) in [5.41, 5.74) is 1.20. The highest BCUT2D eigenvalue weighted by Gasteiger charge is 2.17. The fraction of sp³-hybridized carbons (Fsp3) is 0.562. The van der Waals surface area contributed by atoms with Crippen molar-refractivity contribution in [3.63, 3.8) is 0 Å². The number of carbonyl (C=O) groups excluding carboxylic acids is 1. The fourth-order valence-corrected chi connectivity index (χ4v) is 2.17. The maximum atomic E-state index is 11.7. The molecule has 5 nitrogen and oxygen atoms in total. The second kappa shape index (κ2) is 6.70. The number of hydrogen-bond donors (Lipinski definition) is 2. The summed E-state index contributed by atoms with van der Waals surface area (Å²) in [4.78, 5) is 14.0. The quantitative estimate of drug-likeness (QED) is 0.894. The van der Waals surface area contributed by atoms with Crippen LogP contribution in [0.5, 0.6) is 5.75 Å². The van der Waals surface area contributed by atoms with E-state index in [0.717, 1.165) is 24.5 Å². The van der Waals surface area contributed by atoms with Gasteiger partial charge in [0.05, 0.1) is 12.2 Å². The zero-order chi connectivity index (χ0) is 15.3. The Labute approximate surface area is 126 Å². The molecule has 0 atom stereocenters. The molecule has 116 valence electrons. The Morgan fingerprint density at radius 1 is 1.29 bits per heavy atom. The van der Waals surface area contributed by atoms with Crippen LogP contribution in [0.15, 0.2) is 24.3 Å². The minimum Gasteiger partial charge on any atom is -0.490 e. The van der Waals surface area contributed by atoms with E-state index in [1.807, 2.05) is 24.3 Å². The number of hydrogen-bond acceptors (Lipinski definition) is 3. The molecule has 0 aromatic heterocycles. The van der Waals surface area contributed by atoms with Crippen molar-refractivity contribution in [2.75, 3.05) is 37.7 Å². The highest BCUT2D eigenvalue weighted by atomic mass is 16.5. The van der Waals surface area contributed by atoms with Gasteiger partial charge in [0.1, 0.15) is 12.4 Å². The number of benzene rings is 1. The van der Waals surface area contributed by atoms with Crippen LogP contribution in [0.1, 0.15) is 20.8 Å². The lowest BCUT2D eigenvalue weighted by Crippen LogP contribution is -2.44. The number of carbonyl (C=O) groups is 1. The largest absolute Gasteiger partial charge is 0.490 e. The predicted octanol–water partition coefficient (Wildman–Crippen LogP) is 2.23. The number of amides is 2.